The first-order valence-corrected chi connectivity index (χ1v) is 13.8. The number of carbonyl (C=O) groups excluding carboxylic acids is 1. The van der Waals surface area contributed by atoms with Gasteiger partial charge in [0.2, 0.25) is 5.91 Å². The summed E-state index contributed by atoms with van der Waals surface area (Å²) in [6.45, 7) is 2.33. The van der Waals surface area contributed by atoms with Gasteiger partial charge in [-0.25, -0.2) is 17.8 Å². The lowest BCUT2D eigenvalue weighted by atomic mass is 10.1. The summed E-state index contributed by atoms with van der Waals surface area (Å²) in [5.41, 5.74) is 0.112. The second-order valence-corrected chi connectivity index (χ2v) is 10.8. The van der Waals surface area contributed by atoms with Crippen LogP contribution in [0.2, 0.25) is 0 Å². The highest BCUT2D eigenvalue weighted by Gasteiger charge is 2.33. The van der Waals surface area contributed by atoms with Crippen LogP contribution in [0.15, 0.2) is 71.6 Å². The number of rotatable bonds is 10. The monoisotopic (exact) mass is 564 g/mol. The first-order chi connectivity index (χ1) is 18.3. The predicted molar refractivity (Wildman–Crippen MR) is 142 cm³/mol. The molecule has 0 saturated heterocycles. The number of hydrogen-bond acceptors (Lipinski definition) is 6. The summed E-state index contributed by atoms with van der Waals surface area (Å²) in [4.78, 5) is 17.8. The number of nitrogens with one attached hydrogen (secondary N) is 2. The molecule has 3 rings (SSSR count). The largest absolute Gasteiger partial charge is 0.433 e. The molecule has 0 aliphatic rings. The zero-order valence-electron chi connectivity index (χ0n) is 21.5. The van der Waals surface area contributed by atoms with Crippen molar-refractivity contribution in [3.63, 3.8) is 0 Å². The van der Waals surface area contributed by atoms with Crippen molar-refractivity contribution in [1.82, 2.24) is 10.3 Å². The molecule has 1 unspecified atom stereocenters. The van der Waals surface area contributed by atoms with E-state index in [0.717, 1.165) is 24.5 Å². The Morgan fingerprint density at radius 2 is 1.79 bits per heavy atom. The number of carbonyl (C=O) groups is 1. The predicted octanol–water partition coefficient (Wildman–Crippen LogP) is 5.43. The van der Waals surface area contributed by atoms with Gasteiger partial charge in [-0.3, -0.25) is 4.79 Å². The van der Waals surface area contributed by atoms with Crippen LogP contribution in [0.25, 0.3) is 6.08 Å². The molecule has 0 radical (unpaired) electrons. The van der Waals surface area contributed by atoms with Crippen LogP contribution in [0.3, 0.4) is 0 Å². The number of hydrogen-bond donors (Lipinski definition) is 2. The van der Waals surface area contributed by atoms with E-state index in [2.05, 4.69) is 15.6 Å². The van der Waals surface area contributed by atoms with Gasteiger partial charge >= 0.3 is 6.18 Å². The Morgan fingerprint density at radius 3 is 2.38 bits per heavy atom. The van der Waals surface area contributed by atoms with Gasteiger partial charge in [-0.1, -0.05) is 37.3 Å². The highest BCUT2D eigenvalue weighted by molar-refractivity contribution is 7.90. The molecule has 7 nitrogen and oxygen atoms in total. The van der Waals surface area contributed by atoms with Crippen molar-refractivity contribution in [3.8, 4) is 0 Å². The zero-order chi connectivity index (χ0) is 28.8. The molecule has 2 N–H and O–H groups in total. The van der Waals surface area contributed by atoms with Crippen LogP contribution in [-0.4, -0.2) is 39.2 Å². The number of nitrogens with zero attached hydrogens (tertiary/aromatic N) is 2. The van der Waals surface area contributed by atoms with Crippen LogP contribution < -0.4 is 15.5 Å². The summed E-state index contributed by atoms with van der Waals surface area (Å²) in [5.74, 6) is -1.46. The molecule has 2 aromatic carbocycles. The number of benzene rings is 2. The Balaban J connectivity index is 1.87. The number of sulfone groups is 1. The molecule has 0 aliphatic carbocycles. The second kappa shape index (κ2) is 12.3. The first kappa shape index (κ1) is 29.6. The number of aromatic nitrogens is 1. The number of anilines is 2. The van der Waals surface area contributed by atoms with Crippen LogP contribution in [0.5, 0.6) is 0 Å². The fraction of sp³-hybridized carbons (Fsp3) is 0.259. The number of alkyl halides is 3. The second-order valence-electron chi connectivity index (χ2n) is 8.78. The third kappa shape index (κ3) is 8.03. The van der Waals surface area contributed by atoms with E-state index in [1.807, 2.05) is 6.92 Å². The first-order valence-electron chi connectivity index (χ1n) is 11.9. The number of pyridine rings is 1. The van der Waals surface area contributed by atoms with Gasteiger partial charge in [0, 0.05) is 37.2 Å². The third-order valence-electron chi connectivity index (χ3n) is 5.59. The molecule has 1 atom stereocenters. The van der Waals surface area contributed by atoms with Crippen molar-refractivity contribution >= 4 is 33.3 Å². The van der Waals surface area contributed by atoms with Crippen molar-refractivity contribution in [3.05, 3.63) is 89.4 Å². The number of halogens is 4. The Hall–Kier alpha value is -3.93. The standard InChI is InChI=1S/C27H28F4N4O3S/c1-4-16-35(2)26-19(10-14-23(33-26)27(29,30)31)11-15-24(36)34-25(18-8-6-5-7-9-18)32-20-12-13-22(21(28)17-20)39(3,37)38/h5-15,17,25,32H,4,16H2,1-3H3,(H,34,36). The van der Waals surface area contributed by atoms with Crippen LogP contribution in [-0.2, 0) is 20.8 Å². The van der Waals surface area contributed by atoms with E-state index in [4.69, 9.17) is 0 Å². The normalized spacial score (nSPS) is 12.8. The van der Waals surface area contributed by atoms with Gasteiger partial charge in [-0.2, -0.15) is 13.2 Å². The van der Waals surface area contributed by atoms with Gasteiger partial charge in [0.15, 0.2) is 9.84 Å². The van der Waals surface area contributed by atoms with E-state index in [1.54, 1.807) is 42.3 Å². The highest BCUT2D eigenvalue weighted by atomic mass is 32.2. The van der Waals surface area contributed by atoms with Crippen LogP contribution in [0.1, 0.15) is 36.3 Å². The third-order valence-corrected chi connectivity index (χ3v) is 6.72. The molecule has 12 heteroatoms. The minimum Gasteiger partial charge on any atom is -0.361 e. The molecular formula is C27H28F4N4O3S. The minimum atomic E-state index is -4.62. The Morgan fingerprint density at radius 1 is 1.10 bits per heavy atom. The fourth-order valence-electron chi connectivity index (χ4n) is 3.76. The quantitative estimate of drug-likeness (QED) is 0.194. The zero-order valence-corrected chi connectivity index (χ0v) is 22.3. The molecule has 1 amide bonds. The highest BCUT2D eigenvalue weighted by Crippen LogP contribution is 2.31. The molecule has 0 aliphatic heterocycles. The number of amides is 1. The summed E-state index contributed by atoms with van der Waals surface area (Å²) in [6, 6.07) is 14.3. The van der Waals surface area contributed by atoms with Gasteiger partial charge in [0.1, 0.15) is 28.4 Å². The van der Waals surface area contributed by atoms with Crippen molar-refractivity contribution in [2.45, 2.75) is 30.6 Å². The molecular weight excluding hydrogens is 536 g/mol. The van der Waals surface area contributed by atoms with Gasteiger partial charge in [-0.05, 0) is 48.4 Å². The SMILES string of the molecule is CCCN(C)c1nc(C(F)(F)F)ccc1C=CC(=O)NC(Nc1ccc(S(C)(=O)=O)c(F)c1)c1ccccc1. The summed E-state index contributed by atoms with van der Waals surface area (Å²) in [5, 5.41) is 5.70. The van der Waals surface area contributed by atoms with Crippen molar-refractivity contribution in [2.75, 3.05) is 30.1 Å². The summed E-state index contributed by atoms with van der Waals surface area (Å²) in [7, 11) is -2.14. The molecule has 208 valence electrons. The Kier molecular flexibility index (Phi) is 9.33. The lowest BCUT2D eigenvalue weighted by Crippen LogP contribution is -2.32. The molecule has 0 fully saturated rings. The average molecular weight is 565 g/mol. The van der Waals surface area contributed by atoms with E-state index in [1.165, 1.54) is 24.3 Å². The molecule has 39 heavy (non-hydrogen) atoms. The minimum absolute atomic E-state index is 0.0786. The summed E-state index contributed by atoms with van der Waals surface area (Å²) in [6.07, 6.45) is -1.36. The lowest BCUT2D eigenvalue weighted by molar-refractivity contribution is -0.141. The van der Waals surface area contributed by atoms with Crippen LogP contribution in [0.4, 0.5) is 29.1 Å². The maximum atomic E-state index is 14.4. The molecule has 0 spiro atoms. The van der Waals surface area contributed by atoms with E-state index >= 15 is 0 Å². The fourth-order valence-corrected chi connectivity index (χ4v) is 4.48. The Bertz CT molecular complexity index is 1450. The summed E-state index contributed by atoms with van der Waals surface area (Å²) < 4.78 is 77.6. The molecule has 1 aromatic heterocycles. The topological polar surface area (TPSA) is 91.4 Å². The van der Waals surface area contributed by atoms with Crippen LogP contribution >= 0.6 is 0 Å². The van der Waals surface area contributed by atoms with E-state index in [9.17, 15) is 30.8 Å². The molecule has 0 saturated carbocycles. The molecule has 1 heterocycles. The van der Waals surface area contributed by atoms with Crippen molar-refractivity contribution < 1.29 is 30.8 Å². The van der Waals surface area contributed by atoms with Crippen molar-refractivity contribution in [1.29, 1.82) is 0 Å². The van der Waals surface area contributed by atoms with E-state index in [0.29, 0.717) is 24.1 Å². The van der Waals surface area contributed by atoms with E-state index in [-0.39, 0.29) is 11.5 Å². The molecule has 0 bridgehead atoms. The Labute approximate surface area is 224 Å². The van der Waals surface area contributed by atoms with E-state index < -0.39 is 44.5 Å². The van der Waals surface area contributed by atoms with Gasteiger partial charge in [-0.15, -0.1) is 0 Å². The maximum Gasteiger partial charge on any atom is 0.433 e. The van der Waals surface area contributed by atoms with Gasteiger partial charge < -0.3 is 15.5 Å². The lowest BCUT2D eigenvalue weighted by Gasteiger charge is -2.22. The molecule has 3 aromatic rings. The van der Waals surface area contributed by atoms with Crippen LogP contribution in [0, 0.1) is 5.82 Å². The smallest absolute Gasteiger partial charge is 0.361 e. The summed E-state index contributed by atoms with van der Waals surface area (Å²) >= 11 is 0. The van der Waals surface area contributed by atoms with Gasteiger partial charge in [0.25, 0.3) is 0 Å². The maximum absolute atomic E-state index is 14.4. The van der Waals surface area contributed by atoms with Crippen molar-refractivity contribution in [2.24, 2.45) is 0 Å². The average Bonchev–Trinajstić information content (AvgIpc) is 2.86. The van der Waals surface area contributed by atoms with Gasteiger partial charge in [0.05, 0.1) is 0 Å².